The van der Waals surface area contributed by atoms with Gasteiger partial charge in [-0.05, 0) is 22.4 Å². The van der Waals surface area contributed by atoms with Crippen LogP contribution in [-0.4, -0.2) is 5.26 Å². The zero-order valence-corrected chi connectivity index (χ0v) is 7.10. The van der Waals surface area contributed by atoms with Gasteiger partial charge in [-0.15, -0.1) is 0 Å². The minimum atomic E-state index is -0.983. The topological polar surface area (TPSA) is 29.5 Å². The summed E-state index contributed by atoms with van der Waals surface area (Å²) in [5.41, 5.74) is 0. The van der Waals surface area contributed by atoms with E-state index in [1.165, 1.54) is 0 Å². The quantitative estimate of drug-likeness (QED) is 0.287. The molecule has 44 valence electrons. The molecule has 0 amide bonds. The molecule has 0 radical (unpaired) electrons. The smallest absolute Gasteiger partial charge is 0.118 e. The van der Waals surface area contributed by atoms with Crippen molar-refractivity contribution in [3.05, 3.63) is 0 Å². The summed E-state index contributed by atoms with van der Waals surface area (Å²) < 4.78 is 3.69. The summed E-state index contributed by atoms with van der Waals surface area (Å²) in [6.45, 7) is 0. The zero-order valence-electron chi connectivity index (χ0n) is 2.94. The highest BCUT2D eigenvalue weighted by atomic mass is 33.7. The molecule has 0 aromatic rings. The Labute approximate surface area is 59.8 Å². The van der Waals surface area contributed by atoms with Crippen LogP contribution in [0.2, 0.25) is 0 Å². The monoisotopic (exact) mass is 194 g/mol. The number of thiol groups is 1. The number of hydrogen-bond acceptors (Lipinski definition) is 4. The molecule has 0 aliphatic rings. The van der Waals surface area contributed by atoms with Gasteiger partial charge >= 0.3 is 0 Å². The van der Waals surface area contributed by atoms with E-state index >= 15 is 0 Å². The first-order chi connectivity index (χ1) is 3.18. The van der Waals surface area contributed by atoms with Crippen LogP contribution in [-0.2, 0) is 43.0 Å². The van der Waals surface area contributed by atoms with E-state index in [1.54, 1.807) is 0 Å². The third-order valence-electron chi connectivity index (χ3n) is 0.177. The summed E-state index contributed by atoms with van der Waals surface area (Å²) in [6, 6.07) is 0. The van der Waals surface area contributed by atoms with Crippen molar-refractivity contribution < 1.29 is 9.59 Å². The molecule has 0 heterocycles. The summed E-state index contributed by atoms with van der Waals surface area (Å²) in [5.74, 6) is 0. The molecule has 0 aromatic carbocycles. The Morgan fingerprint density at radius 1 is 1.57 bits per heavy atom. The van der Waals surface area contributed by atoms with Gasteiger partial charge in [0.2, 0.25) is 0 Å². The van der Waals surface area contributed by atoms with Gasteiger partial charge in [0.25, 0.3) is 0 Å². The van der Waals surface area contributed by atoms with Gasteiger partial charge in [-0.3, -0.25) is 0 Å². The van der Waals surface area contributed by atoms with E-state index in [2.05, 4.69) is 38.4 Å². The maximum absolute atomic E-state index is 7.80. The van der Waals surface area contributed by atoms with Gasteiger partial charge in [-0.2, -0.15) is 4.33 Å². The van der Waals surface area contributed by atoms with Crippen molar-refractivity contribution in [2.24, 2.45) is 0 Å². The molecule has 0 fully saturated rings. The lowest BCUT2D eigenvalue weighted by atomic mass is 15.0. The maximum Gasteiger partial charge on any atom is 0.118 e. The molecule has 0 spiro atoms. The van der Waals surface area contributed by atoms with Crippen molar-refractivity contribution in [3.8, 4) is 0 Å². The van der Waals surface area contributed by atoms with Crippen molar-refractivity contribution >= 4 is 50.3 Å². The van der Waals surface area contributed by atoms with E-state index in [1.807, 2.05) is 0 Å². The van der Waals surface area contributed by atoms with Crippen LogP contribution >= 0.6 is 11.7 Å². The van der Waals surface area contributed by atoms with Crippen LogP contribution in [0, 0.1) is 0 Å². The first kappa shape index (κ1) is 8.41. The predicted molar refractivity (Wildman–Crippen MR) is 42.2 cm³/mol. The van der Waals surface area contributed by atoms with Crippen molar-refractivity contribution in [3.63, 3.8) is 0 Å². The fourth-order valence-electron chi connectivity index (χ4n) is 0.0260. The lowest BCUT2D eigenvalue weighted by Crippen LogP contribution is -1.90. The molecule has 2 unspecified atom stereocenters. The van der Waals surface area contributed by atoms with Gasteiger partial charge < -0.3 is 0 Å². The van der Waals surface area contributed by atoms with Crippen molar-refractivity contribution in [1.29, 1.82) is 0 Å². The maximum atomic E-state index is 7.80. The molecular weight excluding hydrogens is 192 g/mol. The zero-order chi connectivity index (χ0) is 5.86. The van der Waals surface area contributed by atoms with Crippen molar-refractivity contribution in [1.82, 2.24) is 0 Å². The molecule has 1 N–H and O–H groups in total. The van der Waals surface area contributed by atoms with E-state index in [0.717, 1.165) is 0 Å². The summed E-state index contributed by atoms with van der Waals surface area (Å²) >= 11 is 12.7. The first-order valence-corrected chi connectivity index (χ1v) is 6.83. The van der Waals surface area contributed by atoms with Crippen LogP contribution in [0.5, 0.6) is 0 Å². The Balaban J connectivity index is 3.58. The van der Waals surface area contributed by atoms with Crippen LogP contribution in [0.1, 0.15) is 0 Å². The van der Waals surface area contributed by atoms with Gasteiger partial charge in [0, 0.05) is 7.52 Å². The summed E-state index contributed by atoms with van der Waals surface area (Å²) in [6.07, 6.45) is 0. The average Bonchev–Trinajstić information content (AvgIpc) is 1.65. The second-order valence-electron chi connectivity index (χ2n) is 0.496. The lowest BCUT2D eigenvalue weighted by molar-refractivity contribution is -0.116. The van der Waals surface area contributed by atoms with Gasteiger partial charge in [-0.1, -0.05) is 11.7 Å². The van der Waals surface area contributed by atoms with Crippen LogP contribution in [0.15, 0.2) is 0 Å². The van der Waals surface area contributed by atoms with Crippen LogP contribution in [0.25, 0.3) is 0 Å². The standard InChI is InChI=1S/H2O2S5/c1-2-6(3)7(4)5/h1H,(H,4,5). The highest BCUT2D eigenvalue weighted by molar-refractivity contribution is 9.09. The van der Waals surface area contributed by atoms with Crippen LogP contribution < -0.4 is 0 Å². The highest BCUT2D eigenvalue weighted by Gasteiger charge is 1.91. The minimum Gasteiger partial charge on any atom is -0.238 e. The third-order valence-corrected chi connectivity index (χ3v) is 6.83. The molecule has 0 saturated heterocycles. The molecule has 0 aromatic heterocycles. The Hall–Kier alpha value is 1.41. The van der Waals surface area contributed by atoms with E-state index in [4.69, 9.17) is 5.26 Å². The predicted octanol–water partition coefficient (Wildman–Crippen LogP) is 0.311. The van der Waals surface area contributed by atoms with Crippen LogP contribution in [0.3, 0.4) is 0 Å². The first-order valence-electron chi connectivity index (χ1n) is 1.03. The molecule has 0 rings (SSSR count). The Morgan fingerprint density at radius 2 is 2.00 bits per heavy atom. The van der Waals surface area contributed by atoms with E-state index < -0.39 is 16.3 Å². The largest absolute Gasteiger partial charge is 0.238 e. The van der Waals surface area contributed by atoms with E-state index in [0.29, 0.717) is 0 Å². The molecule has 7 heavy (non-hydrogen) atoms. The molecule has 0 aliphatic carbocycles. The van der Waals surface area contributed by atoms with Crippen LogP contribution in [0.4, 0.5) is 0 Å². The minimum absolute atomic E-state index is 0.712. The summed E-state index contributed by atoms with van der Waals surface area (Å²) in [5, 5.41) is 7.80. The van der Waals surface area contributed by atoms with Gasteiger partial charge in [0.15, 0.2) is 0 Å². The normalized spacial score (nSPS) is 18.6. The Bertz CT molecular complexity index is 94.3. The molecule has 0 bridgehead atoms. The van der Waals surface area contributed by atoms with Gasteiger partial charge in [0.05, 0.1) is 0 Å². The molecule has 0 aliphatic heterocycles. The van der Waals surface area contributed by atoms with Gasteiger partial charge in [0.1, 0.15) is 8.77 Å². The molecule has 0 saturated carbocycles. The van der Waals surface area contributed by atoms with Gasteiger partial charge in [-0.25, -0.2) is 5.26 Å². The molecule has 2 atom stereocenters. The second kappa shape index (κ2) is 4.30. The molecule has 2 nitrogen and oxygen atoms in total. The SMILES string of the molecule is OOS(=S)S(=S)S. The third kappa shape index (κ3) is 3.95. The number of rotatable bonds is 2. The summed E-state index contributed by atoms with van der Waals surface area (Å²) in [4.78, 5) is 0. The second-order valence-corrected chi connectivity index (χ2v) is 9.15. The Kier molecular flexibility index (Phi) is 5.17. The van der Waals surface area contributed by atoms with Crippen molar-refractivity contribution in [2.75, 3.05) is 0 Å². The fourth-order valence-corrected chi connectivity index (χ4v) is 0.703. The molecule has 7 heteroatoms. The fraction of sp³-hybridized carbons (Fsp3) is 0. The van der Waals surface area contributed by atoms with E-state index in [9.17, 15) is 0 Å². The van der Waals surface area contributed by atoms with E-state index in [-0.39, 0.29) is 0 Å². The lowest BCUT2D eigenvalue weighted by Gasteiger charge is -1.91. The van der Waals surface area contributed by atoms with Crippen molar-refractivity contribution in [2.45, 2.75) is 0 Å². The average molecular weight is 194 g/mol. The molecular formula is H2O2S5. The highest BCUT2D eigenvalue weighted by Crippen LogP contribution is 1.96. The number of hydrogen-bond donors (Lipinski definition) is 2. The summed E-state index contributed by atoms with van der Waals surface area (Å²) in [7, 11) is -1.70. The Morgan fingerprint density at radius 3 is 2.00 bits per heavy atom.